The predicted molar refractivity (Wildman–Crippen MR) is 60.2 cm³/mol. The molecule has 0 nitrogen and oxygen atoms in total. The number of allylic oxidation sites excluding steroid dienone is 1. The molecule has 0 fully saturated rings. The van der Waals surface area contributed by atoms with Gasteiger partial charge in [0.1, 0.15) is 0 Å². The molecule has 0 bridgehead atoms. The van der Waals surface area contributed by atoms with Crippen molar-refractivity contribution in [1.82, 2.24) is 0 Å². The van der Waals surface area contributed by atoms with E-state index in [1.54, 1.807) is 0 Å². The highest BCUT2D eigenvalue weighted by atomic mass is 29.3. The first kappa shape index (κ1) is 10.9. The van der Waals surface area contributed by atoms with Crippen LogP contribution in [0.1, 0.15) is 0 Å². The molecule has 0 aliphatic carbocycles. The largest absolute Gasteiger partial charge is 0.107 e. The van der Waals surface area contributed by atoms with Crippen LogP contribution in [-0.4, -0.2) is 15.2 Å². The second-order valence-electron chi connectivity index (χ2n) is 4.30. The van der Waals surface area contributed by atoms with Gasteiger partial charge in [-0.1, -0.05) is 32.3 Å². The topological polar surface area (TPSA) is 0 Å². The Hall–Kier alpha value is -0.0862. The van der Waals surface area contributed by atoms with Gasteiger partial charge in [0.25, 0.3) is 0 Å². The van der Waals surface area contributed by atoms with E-state index in [0.717, 1.165) is 0 Å². The molecule has 64 valence electrons. The van der Waals surface area contributed by atoms with Gasteiger partial charge in [0.15, 0.2) is 0 Å². The van der Waals surface area contributed by atoms with Crippen LogP contribution >= 0.6 is 0 Å². The minimum absolute atomic E-state index is 1.03. The van der Waals surface area contributed by atoms with Crippen molar-refractivity contribution < 1.29 is 0 Å². The lowest BCUT2D eigenvalue weighted by Crippen LogP contribution is -2.52. The fourth-order valence-electron chi connectivity index (χ4n) is 0.900. The van der Waals surface area contributed by atoms with Crippen LogP contribution in [0.25, 0.3) is 0 Å². The lowest BCUT2D eigenvalue weighted by atomic mass is 10.8. The second kappa shape index (κ2) is 3.54. The van der Waals surface area contributed by atoms with Gasteiger partial charge in [-0.3, -0.25) is 0 Å². The third kappa shape index (κ3) is 2.45. The van der Waals surface area contributed by atoms with E-state index >= 15 is 0 Å². The molecule has 0 spiro atoms. The Kier molecular flexibility index (Phi) is 3.51. The first-order chi connectivity index (χ1) is 4.87. The Labute approximate surface area is 72.8 Å². The maximum Gasteiger partial charge on any atom is 0.0643 e. The molecular formula is C9H20Si2. The van der Waals surface area contributed by atoms with Crippen LogP contribution in [0.5, 0.6) is 0 Å². The molecular weight excluding hydrogens is 164 g/mol. The third-order valence-electron chi connectivity index (χ3n) is 2.91. The van der Waals surface area contributed by atoms with E-state index in [4.69, 9.17) is 0 Å². The molecule has 0 aromatic heterocycles. The summed E-state index contributed by atoms with van der Waals surface area (Å²) in [7, 11) is -2.12. The van der Waals surface area contributed by atoms with Crippen LogP contribution in [0.15, 0.2) is 24.9 Å². The molecule has 0 heterocycles. The minimum atomic E-state index is -1.09. The van der Waals surface area contributed by atoms with Crippen LogP contribution < -0.4 is 0 Å². The van der Waals surface area contributed by atoms with Gasteiger partial charge in [-0.2, -0.15) is 0 Å². The molecule has 0 aromatic carbocycles. The molecule has 0 atom stereocenters. The van der Waals surface area contributed by atoms with Gasteiger partial charge in [-0.25, -0.2) is 0 Å². The fourth-order valence-corrected chi connectivity index (χ4v) is 6.37. The number of rotatable bonds is 4. The van der Waals surface area contributed by atoms with Crippen LogP contribution in [0.4, 0.5) is 0 Å². The molecule has 11 heavy (non-hydrogen) atoms. The zero-order valence-corrected chi connectivity index (χ0v) is 10.3. The minimum Gasteiger partial charge on any atom is -0.107 e. The summed E-state index contributed by atoms with van der Waals surface area (Å²) in [5.74, 6) is 0. The third-order valence-corrected chi connectivity index (χ3v) is 20.4. The van der Waals surface area contributed by atoms with E-state index < -0.39 is 15.2 Å². The van der Waals surface area contributed by atoms with Gasteiger partial charge < -0.3 is 0 Å². The van der Waals surface area contributed by atoms with Crippen molar-refractivity contribution in [2.24, 2.45) is 0 Å². The quantitative estimate of drug-likeness (QED) is 0.464. The highest BCUT2D eigenvalue weighted by molar-refractivity contribution is 7.42. The Morgan fingerprint density at radius 3 is 1.82 bits per heavy atom. The van der Waals surface area contributed by atoms with Crippen LogP contribution in [0.2, 0.25) is 32.2 Å². The van der Waals surface area contributed by atoms with Crippen molar-refractivity contribution in [3.05, 3.63) is 24.9 Å². The first-order valence-corrected chi connectivity index (χ1v) is 11.4. The summed E-state index contributed by atoms with van der Waals surface area (Å²) in [5.41, 5.74) is 2.22. The van der Waals surface area contributed by atoms with Crippen molar-refractivity contribution >= 4 is 15.2 Å². The van der Waals surface area contributed by atoms with E-state index in [-0.39, 0.29) is 0 Å². The van der Waals surface area contributed by atoms with E-state index in [0.29, 0.717) is 0 Å². The Morgan fingerprint density at radius 2 is 1.55 bits per heavy atom. The molecule has 0 rings (SSSR count). The molecule has 0 saturated carbocycles. The van der Waals surface area contributed by atoms with Crippen LogP contribution in [0, 0.1) is 0 Å². The van der Waals surface area contributed by atoms with E-state index in [1.807, 2.05) is 0 Å². The SMILES string of the molecule is C=CC[Si](C)(C)[Si](C)(C)C=C. The van der Waals surface area contributed by atoms with E-state index in [2.05, 4.69) is 51.1 Å². The highest BCUT2D eigenvalue weighted by Crippen LogP contribution is 2.23. The molecule has 0 saturated heterocycles. The average Bonchev–Trinajstić information content (AvgIpc) is 1.87. The van der Waals surface area contributed by atoms with Crippen LogP contribution in [0.3, 0.4) is 0 Å². The van der Waals surface area contributed by atoms with Crippen molar-refractivity contribution in [3.63, 3.8) is 0 Å². The smallest absolute Gasteiger partial charge is 0.0643 e. The summed E-state index contributed by atoms with van der Waals surface area (Å²) in [6.07, 6.45) is 2.07. The van der Waals surface area contributed by atoms with Gasteiger partial charge in [-0.15, -0.1) is 18.9 Å². The average molecular weight is 184 g/mol. The predicted octanol–water partition coefficient (Wildman–Crippen LogP) is 3.39. The summed E-state index contributed by atoms with van der Waals surface area (Å²) in [6, 6.07) is 1.23. The molecule has 2 heteroatoms. The zero-order chi connectivity index (χ0) is 9.12. The number of hydrogen-bond donors (Lipinski definition) is 0. The molecule has 0 radical (unpaired) electrons. The molecule has 0 aromatic rings. The normalized spacial score (nSPS) is 12.7. The molecule has 0 N–H and O–H groups in total. The Balaban J connectivity index is 4.50. The zero-order valence-electron chi connectivity index (χ0n) is 8.28. The Morgan fingerprint density at radius 1 is 1.09 bits per heavy atom. The van der Waals surface area contributed by atoms with E-state index in [9.17, 15) is 0 Å². The lowest BCUT2D eigenvalue weighted by molar-refractivity contribution is 1.57. The van der Waals surface area contributed by atoms with Gasteiger partial charge in [0, 0.05) is 7.59 Å². The van der Waals surface area contributed by atoms with Crippen molar-refractivity contribution in [2.45, 2.75) is 32.2 Å². The summed E-state index contributed by atoms with van der Waals surface area (Å²) < 4.78 is 0. The standard InChI is InChI=1S/C9H20Si2/c1-7-9-11(5,6)10(3,4)8-2/h7-8H,1-2,9H2,3-6H3. The van der Waals surface area contributed by atoms with Crippen molar-refractivity contribution in [1.29, 1.82) is 0 Å². The van der Waals surface area contributed by atoms with Gasteiger partial charge >= 0.3 is 0 Å². The van der Waals surface area contributed by atoms with Gasteiger partial charge in [-0.05, 0) is 6.04 Å². The van der Waals surface area contributed by atoms with Gasteiger partial charge in [0.2, 0.25) is 0 Å². The van der Waals surface area contributed by atoms with E-state index in [1.165, 1.54) is 6.04 Å². The van der Waals surface area contributed by atoms with Gasteiger partial charge in [0.05, 0.1) is 7.59 Å². The monoisotopic (exact) mass is 184 g/mol. The molecule has 0 unspecified atom stereocenters. The van der Waals surface area contributed by atoms with Crippen molar-refractivity contribution in [3.8, 4) is 0 Å². The summed E-state index contributed by atoms with van der Waals surface area (Å²) in [4.78, 5) is 0. The summed E-state index contributed by atoms with van der Waals surface area (Å²) in [5, 5.41) is 0. The summed E-state index contributed by atoms with van der Waals surface area (Å²) in [6.45, 7) is 17.5. The second-order valence-corrected chi connectivity index (χ2v) is 20.3. The maximum absolute atomic E-state index is 3.94. The maximum atomic E-state index is 3.94. The molecule has 0 aliphatic rings. The van der Waals surface area contributed by atoms with Crippen molar-refractivity contribution in [2.75, 3.05) is 0 Å². The molecule has 0 amide bonds. The number of hydrogen-bond acceptors (Lipinski definition) is 0. The fraction of sp³-hybridized carbons (Fsp3) is 0.556. The Bertz CT molecular complexity index is 157. The summed E-state index contributed by atoms with van der Waals surface area (Å²) >= 11 is 0. The lowest BCUT2D eigenvalue weighted by Gasteiger charge is -2.34. The molecule has 0 aliphatic heterocycles. The van der Waals surface area contributed by atoms with Crippen LogP contribution in [-0.2, 0) is 0 Å². The highest BCUT2D eigenvalue weighted by Gasteiger charge is 2.36. The first-order valence-electron chi connectivity index (χ1n) is 4.12.